The van der Waals surface area contributed by atoms with Gasteiger partial charge in [0, 0.05) is 11.1 Å². The molecule has 2 heterocycles. The van der Waals surface area contributed by atoms with E-state index in [2.05, 4.69) is 99.0 Å². The quantitative estimate of drug-likeness (QED) is 0.134. The number of aromatic nitrogens is 4. The second-order valence-electron chi connectivity index (χ2n) is 10.1. The van der Waals surface area contributed by atoms with E-state index in [1.165, 1.54) is 22.3 Å². The number of halogens is 2. The molecule has 220 valence electrons. The van der Waals surface area contributed by atoms with Crippen LogP contribution in [0.15, 0.2) is 110 Å². The van der Waals surface area contributed by atoms with Crippen LogP contribution in [0.25, 0.3) is 0 Å². The zero-order chi connectivity index (χ0) is 27.7. The van der Waals surface area contributed by atoms with Crippen molar-refractivity contribution in [1.29, 1.82) is 0 Å². The highest BCUT2D eigenvalue weighted by molar-refractivity contribution is 5.60. The molecule has 0 unspecified atom stereocenters. The summed E-state index contributed by atoms with van der Waals surface area (Å²) >= 11 is 0. The lowest BCUT2D eigenvalue weighted by molar-refractivity contribution is -0.688. The highest BCUT2D eigenvalue weighted by Gasteiger charge is 2.12. The fraction of sp³-hybridized carbons (Fsp3) is 0.242. The summed E-state index contributed by atoms with van der Waals surface area (Å²) in [7, 11) is 0. The van der Waals surface area contributed by atoms with Gasteiger partial charge >= 0.3 is 6.16 Å². The number of ether oxygens (including phenoxy) is 2. The molecule has 0 saturated carbocycles. The fourth-order valence-corrected chi connectivity index (χ4v) is 4.57. The van der Waals surface area contributed by atoms with Gasteiger partial charge in [0.2, 0.25) is 12.7 Å². The Morgan fingerprint density at radius 2 is 1.21 bits per heavy atom. The number of carbonyl (C=O) groups is 1. The number of imidazole rings is 2. The highest BCUT2D eigenvalue weighted by Crippen LogP contribution is 2.12. The molecule has 0 atom stereocenters. The van der Waals surface area contributed by atoms with Crippen LogP contribution in [0.5, 0.6) is 0 Å². The van der Waals surface area contributed by atoms with Crippen LogP contribution in [0, 0.1) is 6.92 Å². The van der Waals surface area contributed by atoms with Gasteiger partial charge < -0.3 is 43.4 Å². The van der Waals surface area contributed by atoms with Crippen molar-refractivity contribution >= 4 is 6.16 Å². The summed E-state index contributed by atoms with van der Waals surface area (Å²) in [6, 6.07) is 24.6. The molecule has 0 aliphatic rings. The minimum absolute atomic E-state index is 0. The second kappa shape index (κ2) is 16.1. The van der Waals surface area contributed by atoms with E-state index in [1.807, 2.05) is 43.3 Å². The van der Waals surface area contributed by atoms with E-state index in [-0.39, 0.29) is 47.2 Å². The summed E-state index contributed by atoms with van der Waals surface area (Å²) in [6.07, 6.45) is 12.1. The van der Waals surface area contributed by atoms with Gasteiger partial charge in [-0.25, -0.2) is 23.1 Å². The Balaban J connectivity index is 0.00000242. The maximum absolute atomic E-state index is 12.0. The van der Waals surface area contributed by atoms with E-state index >= 15 is 0 Å². The first-order valence-corrected chi connectivity index (χ1v) is 13.6. The lowest BCUT2D eigenvalue weighted by atomic mass is 10.1. The minimum atomic E-state index is -0.666. The minimum Gasteiger partial charge on any atom is -1.00 e. The molecule has 9 heteroatoms. The first-order chi connectivity index (χ1) is 19.5. The lowest BCUT2D eigenvalue weighted by Crippen LogP contribution is -3.00. The van der Waals surface area contributed by atoms with Crippen LogP contribution >= 0.6 is 0 Å². The summed E-state index contributed by atoms with van der Waals surface area (Å²) in [5, 5.41) is 0. The van der Waals surface area contributed by atoms with Crippen LogP contribution < -0.4 is 43.1 Å². The molecule has 5 aromatic rings. The highest BCUT2D eigenvalue weighted by atomic mass is 79.9. The molecule has 0 fully saturated rings. The van der Waals surface area contributed by atoms with Crippen molar-refractivity contribution in [3.8, 4) is 0 Å². The van der Waals surface area contributed by atoms with Crippen LogP contribution in [0.3, 0.4) is 0 Å². The van der Waals surface area contributed by atoms with Gasteiger partial charge in [-0.2, -0.15) is 0 Å². The van der Waals surface area contributed by atoms with Crippen LogP contribution in [0.1, 0.15) is 40.3 Å². The number of rotatable bonds is 11. The molecule has 0 bridgehead atoms. The number of hydrogen-bond acceptors (Lipinski definition) is 3. The number of aryl methyl sites for hydroxylation is 2. The van der Waals surface area contributed by atoms with Crippen molar-refractivity contribution in [2.24, 2.45) is 0 Å². The van der Waals surface area contributed by atoms with Crippen molar-refractivity contribution < 1.29 is 57.4 Å². The Hall–Kier alpha value is -3.69. The molecular weight excluding hydrogens is 660 g/mol. The molecule has 5 rings (SSSR count). The summed E-state index contributed by atoms with van der Waals surface area (Å²) in [4.78, 5) is 12.0. The fourth-order valence-electron chi connectivity index (χ4n) is 4.57. The zero-order valence-corrected chi connectivity index (χ0v) is 27.1. The SMILES string of the molecule is CCn1cc[n+](Cc2ccccc2Cn2cc[n+](Cc3ccc(COC(=O)OCc4ccc(C)cc4)cc3)c2)c1.[Br-].[Br-]. The predicted molar refractivity (Wildman–Crippen MR) is 151 cm³/mol. The first-order valence-electron chi connectivity index (χ1n) is 13.6. The van der Waals surface area contributed by atoms with Crippen molar-refractivity contribution in [3.63, 3.8) is 0 Å². The van der Waals surface area contributed by atoms with Crippen molar-refractivity contribution in [1.82, 2.24) is 9.13 Å². The first kappa shape index (κ1) is 32.8. The molecule has 0 N–H and O–H groups in total. The summed E-state index contributed by atoms with van der Waals surface area (Å²) in [6.45, 7) is 7.94. The molecule has 0 spiro atoms. The molecule has 42 heavy (non-hydrogen) atoms. The standard InChI is InChI=1S/C33H36N4O3.2BrH/c1-3-34-16-17-36(25-34)21-31-6-4-5-7-32(31)22-37-19-18-35(26-37)20-28-12-14-30(15-13-28)24-40-33(38)39-23-29-10-8-27(2)9-11-29;;/h4-19,25-26H,3,20-24H2,1-2H3;2*1H/q+2;;/p-2. The summed E-state index contributed by atoms with van der Waals surface area (Å²) < 4.78 is 19.3. The molecule has 0 amide bonds. The Morgan fingerprint density at radius 3 is 1.83 bits per heavy atom. The molecule has 7 nitrogen and oxygen atoms in total. The van der Waals surface area contributed by atoms with Crippen LogP contribution in [-0.4, -0.2) is 15.3 Å². The van der Waals surface area contributed by atoms with Gasteiger partial charge in [-0.1, -0.05) is 78.4 Å². The van der Waals surface area contributed by atoms with Crippen molar-refractivity contribution in [3.05, 3.63) is 144 Å². The number of benzene rings is 3. The third-order valence-corrected chi connectivity index (χ3v) is 6.90. The van der Waals surface area contributed by atoms with Crippen molar-refractivity contribution in [2.75, 3.05) is 0 Å². The van der Waals surface area contributed by atoms with Crippen LogP contribution in [-0.2, 0) is 48.9 Å². The van der Waals surface area contributed by atoms with Gasteiger partial charge in [0.15, 0.2) is 0 Å². The van der Waals surface area contributed by atoms with Crippen LogP contribution in [0.4, 0.5) is 4.79 Å². The van der Waals surface area contributed by atoms with E-state index in [1.54, 1.807) is 0 Å². The van der Waals surface area contributed by atoms with Gasteiger partial charge in [-0.3, -0.25) is 0 Å². The Kier molecular flexibility index (Phi) is 12.6. The van der Waals surface area contributed by atoms with E-state index < -0.39 is 6.16 Å². The van der Waals surface area contributed by atoms with E-state index in [4.69, 9.17) is 9.47 Å². The maximum atomic E-state index is 12.0. The Morgan fingerprint density at radius 1 is 0.690 bits per heavy atom. The number of carbonyl (C=O) groups excluding carboxylic acids is 1. The largest absolute Gasteiger partial charge is 1.00 e. The lowest BCUT2D eigenvalue weighted by Gasteiger charge is -2.07. The normalized spacial score (nSPS) is 10.4. The predicted octanol–water partition coefficient (Wildman–Crippen LogP) is -0.801. The van der Waals surface area contributed by atoms with E-state index in [0.29, 0.717) is 0 Å². The zero-order valence-electron chi connectivity index (χ0n) is 23.9. The molecule has 0 aliphatic carbocycles. The molecule has 3 aromatic carbocycles. The molecule has 0 radical (unpaired) electrons. The molecule has 0 saturated heterocycles. The average molecular weight is 696 g/mol. The van der Waals surface area contributed by atoms with Gasteiger partial charge in [-0.15, -0.1) is 0 Å². The van der Waals surface area contributed by atoms with E-state index in [9.17, 15) is 4.79 Å². The Labute approximate surface area is 268 Å². The van der Waals surface area contributed by atoms with Crippen molar-refractivity contribution in [2.45, 2.75) is 53.2 Å². The smallest absolute Gasteiger partial charge is 0.508 e. The average Bonchev–Trinajstić information content (AvgIpc) is 3.62. The molecule has 0 aliphatic heterocycles. The topological polar surface area (TPSA) is 53.2 Å². The van der Waals surface area contributed by atoms with Gasteiger partial charge in [-0.05, 0) is 30.5 Å². The van der Waals surface area contributed by atoms with Gasteiger partial charge in [0.25, 0.3) is 0 Å². The van der Waals surface area contributed by atoms with Gasteiger partial charge in [0.05, 0.1) is 6.54 Å². The third-order valence-electron chi connectivity index (χ3n) is 6.90. The summed E-state index contributed by atoms with van der Waals surface area (Å²) in [5.74, 6) is 0. The molecular formula is C33H36Br2N4O3. The maximum Gasteiger partial charge on any atom is 0.508 e. The number of nitrogens with zero attached hydrogens (tertiary/aromatic N) is 4. The third kappa shape index (κ3) is 9.42. The molecule has 2 aromatic heterocycles. The second-order valence-corrected chi connectivity index (χ2v) is 10.1. The van der Waals surface area contributed by atoms with Crippen LogP contribution in [0.2, 0.25) is 0 Å². The monoisotopic (exact) mass is 694 g/mol. The number of hydrogen-bond donors (Lipinski definition) is 0. The Bertz CT molecular complexity index is 1550. The summed E-state index contributed by atoms with van der Waals surface area (Å²) in [5.41, 5.74) is 6.82. The van der Waals surface area contributed by atoms with Gasteiger partial charge in [0.1, 0.15) is 57.6 Å². The van der Waals surface area contributed by atoms with E-state index in [0.717, 1.165) is 37.3 Å².